The van der Waals surface area contributed by atoms with Crippen molar-refractivity contribution in [2.75, 3.05) is 26.7 Å². The molecule has 138 valence electrons. The van der Waals surface area contributed by atoms with Crippen LogP contribution in [0.5, 0.6) is 5.75 Å². The molecule has 6 heteroatoms. The van der Waals surface area contributed by atoms with Crippen molar-refractivity contribution in [2.24, 2.45) is 0 Å². The van der Waals surface area contributed by atoms with E-state index in [1.54, 1.807) is 0 Å². The summed E-state index contributed by atoms with van der Waals surface area (Å²) in [4.78, 5) is 15.0. The summed E-state index contributed by atoms with van der Waals surface area (Å²) >= 11 is 0. The van der Waals surface area contributed by atoms with Crippen LogP contribution in [-0.2, 0) is 4.79 Å². The van der Waals surface area contributed by atoms with E-state index in [-0.39, 0.29) is 36.0 Å². The zero-order chi connectivity index (χ0) is 16.6. The number of benzene rings is 1. The average Bonchev–Trinajstić information content (AvgIpc) is 3.13. The number of rotatable bonds is 2. The molecule has 5 nitrogen and oxygen atoms in total. The Hall–Kier alpha value is -1.30. The normalized spacial score (nSPS) is 27.9. The van der Waals surface area contributed by atoms with Crippen LogP contribution in [0.25, 0.3) is 0 Å². The molecule has 2 unspecified atom stereocenters. The maximum atomic E-state index is 12.6. The Kier molecular flexibility index (Phi) is 5.56. The second-order valence-corrected chi connectivity index (χ2v) is 7.54. The molecule has 3 heterocycles. The second kappa shape index (κ2) is 7.52. The third-order valence-corrected chi connectivity index (χ3v) is 5.79. The van der Waals surface area contributed by atoms with E-state index >= 15 is 0 Å². The molecule has 2 saturated heterocycles. The highest BCUT2D eigenvalue weighted by Crippen LogP contribution is 2.44. The van der Waals surface area contributed by atoms with Gasteiger partial charge in [-0.1, -0.05) is 18.2 Å². The molecule has 2 N–H and O–H groups in total. The summed E-state index contributed by atoms with van der Waals surface area (Å²) in [5.41, 5.74) is 0.982. The fourth-order valence-electron chi connectivity index (χ4n) is 4.26. The molecule has 2 fully saturated rings. The number of para-hydroxylation sites is 1. The Labute approximate surface area is 155 Å². The van der Waals surface area contributed by atoms with Crippen LogP contribution in [0.4, 0.5) is 0 Å². The Bertz CT molecular complexity index is 610. The van der Waals surface area contributed by atoms with Gasteiger partial charge in [-0.25, -0.2) is 0 Å². The summed E-state index contributed by atoms with van der Waals surface area (Å²) < 4.78 is 6.45. The van der Waals surface area contributed by atoms with Crippen molar-refractivity contribution in [1.29, 1.82) is 0 Å². The van der Waals surface area contributed by atoms with Crippen LogP contribution in [0.1, 0.15) is 43.7 Å². The monoisotopic (exact) mass is 365 g/mol. The Morgan fingerprint density at radius 1 is 1.32 bits per heavy atom. The van der Waals surface area contributed by atoms with Crippen molar-refractivity contribution >= 4 is 18.3 Å². The van der Waals surface area contributed by atoms with E-state index < -0.39 is 0 Å². The zero-order valence-electron chi connectivity index (χ0n) is 14.8. The van der Waals surface area contributed by atoms with E-state index in [1.807, 2.05) is 18.2 Å². The number of nitrogens with zero attached hydrogens (tertiary/aromatic N) is 1. The first kappa shape index (κ1) is 18.5. The van der Waals surface area contributed by atoms with Crippen molar-refractivity contribution in [3.05, 3.63) is 29.8 Å². The van der Waals surface area contributed by atoms with Gasteiger partial charge in [-0.2, -0.15) is 0 Å². The first-order chi connectivity index (χ1) is 11.7. The van der Waals surface area contributed by atoms with Crippen LogP contribution in [0.3, 0.4) is 0 Å². The number of hydrogen-bond acceptors (Lipinski definition) is 4. The van der Waals surface area contributed by atoms with E-state index in [9.17, 15) is 4.79 Å². The van der Waals surface area contributed by atoms with Gasteiger partial charge in [0.15, 0.2) is 0 Å². The quantitative estimate of drug-likeness (QED) is 0.844. The Balaban J connectivity index is 0.00000182. The molecule has 0 saturated carbocycles. The van der Waals surface area contributed by atoms with Gasteiger partial charge in [-0.15, -0.1) is 12.4 Å². The number of carbonyl (C=O) groups excluding carboxylic acids is 1. The van der Waals surface area contributed by atoms with Gasteiger partial charge in [-0.05, 0) is 45.3 Å². The molecule has 0 bridgehead atoms. The third kappa shape index (κ3) is 3.78. The number of halogens is 1. The minimum absolute atomic E-state index is 0. The van der Waals surface area contributed by atoms with Crippen LogP contribution in [-0.4, -0.2) is 49.1 Å². The van der Waals surface area contributed by atoms with Crippen molar-refractivity contribution in [3.63, 3.8) is 0 Å². The fourth-order valence-corrected chi connectivity index (χ4v) is 4.26. The lowest BCUT2D eigenvalue weighted by atomic mass is 9.80. The summed E-state index contributed by atoms with van der Waals surface area (Å²) in [7, 11) is 2.16. The maximum absolute atomic E-state index is 12.6. The number of ether oxygens (including phenoxy) is 1. The van der Waals surface area contributed by atoms with Gasteiger partial charge >= 0.3 is 0 Å². The van der Waals surface area contributed by atoms with Gasteiger partial charge in [0.25, 0.3) is 0 Å². The maximum Gasteiger partial charge on any atom is 0.237 e. The minimum Gasteiger partial charge on any atom is -0.487 e. The molecule has 1 spiro atoms. The molecular formula is C19H28ClN3O2. The van der Waals surface area contributed by atoms with E-state index in [0.717, 1.165) is 63.1 Å². The van der Waals surface area contributed by atoms with Gasteiger partial charge in [0.05, 0.1) is 12.1 Å². The molecule has 3 aliphatic heterocycles. The first-order valence-electron chi connectivity index (χ1n) is 9.15. The van der Waals surface area contributed by atoms with Gasteiger partial charge in [0, 0.05) is 25.1 Å². The second-order valence-electron chi connectivity index (χ2n) is 7.54. The van der Waals surface area contributed by atoms with Crippen molar-refractivity contribution in [1.82, 2.24) is 15.5 Å². The lowest BCUT2D eigenvalue weighted by Crippen LogP contribution is -2.52. The molecule has 1 aromatic rings. The Morgan fingerprint density at radius 3 is 2.80 bits per heavy atom. The van der Waals surface area contributed by atoms with Crippen LogP contribution < -0.4 is 15.4 Å². The van der Waals surface area contributed by atoms with Crippen molar-refractivity contribution in [3.8, 4) is 5.75 Å². The number of amides is 1. The first-order valence-corrected chi connectivity index (χ1v) is 9.15. The molecule has 1 amide bonds. The molecule has 0 radical (unpaired) electrons. The highest BCUT2D eigenvalue weighted by Gasteiger charge is 2.43. The molecule has 1 aromatic carbocycles. The topological polar surface area (TPSA) is 53.6 Å². The van der Waals surface area contributed by atoms with Crippen LogP contribution in [0.15, 0.2) is 24.3 Å². The zero-order valence-corrected chi connectivity index (χ0v) is 15.6. The van der Waals surface area contributed by atoms with Crippen LogP contribution in [0.2, 0.25) is 0 Å². The van der Waals surface area contributed by atoms with Crippen LogP contribution >= 0.6 is 12.4 Å². The summed E-state index contributed by atoms with van der Waals surface area (Å²) in [6, 6.07) is 8.19. The number of carbonyl (C=O) groups is 1. The molecule has 4 rings (SSSR count). The largest absolute Gasteiger partial charge is 0.487 e. The standard InChI is InChI=1S/C19H27N3O2.ClH/c1-22-11-8-19(9-12-22)13-16(14-5-2-3-7-17(14)24-19)21-18(23)15-6-4-10-20-15;/h2-3,5,7,15-16,20H,4,6,8-13H2,1H3,(H,21,23);1H. The molecule has 25 heavy (non-hydrogen) atoms. The minimum atomic E-state index is -0.137. The van der Waals surface area contributed by atoms with E-state index in [2.05, 4.69) is 28.6 Å². The molecular weight excluding hydrogens is 338 g/mol. The van der Waals surface area contributed by atoms with Crippen molar-refractivity contribution < 1.29 is 9.53 Å². The van der Waals surface area contributed by atoms with E-state index in [0.29, 0.717) is 0 Å². The lowest BCUT2D eigenvalue weighted by Gasteiger charge is -2.46. The molecule has 2 atom stereocenters. The van der Waals surface area contributed by atoms with Gasteiger partial charge in [-0.3, -0.25) is 4.79 Å². The lowest BCUT2D eigenvalue weighted by molar-refractivity contribution is -0.124. The summed E-state index contributed by atoms with van der Waals surface area (Å²) in [5.74, 6) is 1.08. The predicted octanol–water partition coefficient (Wildman–Crippen LogP) is 2.26. The average molecular weight is 366 g/mol. The van der Waals surface area contributed by atoms with Gasteiger partial charge in [0.2, 0.25) is 5.91 Å². The molecule has 0 aromatic heterocycles. The van der Waals surface area contributed by atoms with E-state index in [4.69, 9.17) is 4.74 Å². The number of likely N-dealkylation sites (tertiary alicyclic amines) is 1. The van der Waals surface area contributed by atoms with Gasteiger partial charge < -0.3 is 20.3 Å². The highest BCUT2D eigenvalue weighted by atomic mass is 35.5. The smallest absolute Gasteiger partial charge is 0.237 e. The van der Waals surface area contributed by atoms with Crippen molar-refractivity contribution in [2.45, 2.75) is 49.8 Å². The number of hydrogen-bond donors (Lipinski definition) is 2. The van der Waals surface area contributed by atoms with Gasteiger partial charge in [0.1, 0.15) is 11.4 Å². The molecule has 3 aliphatic rings. The number of nitrogens with one attached hydrogen (secondary N) is 2. The summed E-state index contributed by atoms with van der Waals surface area (Å²) in [6.45, 7) is 3.04. The summed E-state index contributed by atoms with van der Waals surface area (Å²) in [5, 5.41) is 6.60. The molecule has 0 aliphatic carbocycles. The highest BCUT2D eigenvalue weighted by molar-refractivity contribution is 5.85. The van der Waals surface area contributed by atoms with E-state index in [1.165, 1.54) is 0 Å². The number of piperidine rings is 1. The van der Waals surface area contributed by atoms with Crippen LogP contribution in [0, 0.1) is 0 Å². The SMILES string of the molecule is CN1CCC2(CC1)CC(NC(=O)C1CCCN1)c1ccccc1O2.Cl. The summed E-state index contributed by atoms with van der Waals surface area (Å²) in [6.07, 6.45) is 4.93. The number of fused-ring (bicyclic) bond motifs is 1. The predicted molar refractivity (Wildman–Crippen MR) is 100 cm³/mol. The third-order valence-electron chi connectivity index (χ3n) is 5.79. The fraction of sp³-hybridized carbons (Fsp3) is 0.632. The Morgan fingerprint density at radius 2 is 2.08 bits per heavy atom.